The summed E-state index contributed by atoms with van der Waals surface area (Å²) < 4.78 is 7.73. The van der Waals surface area contributed by atoms with E-state index in [1.807, 2.05) is 12.1 Å². The highest BCUT2D eigenvalue weighted by Gasteiger charge is 2.31. The van der Waals surface area contributed by atoms with E-state index < -0.39 is 0 Å². The molecule has 1 aromatic heterocycles. The first-order valence-corrected chi connectivity index (χ1v) is 7.30. The molecule has 2 aliphatic rings. The van der Waals surface area contributed by atoms with Crippen molar-refractivity contribution in [3.63, 3.8) is 0 Å². The van der Waals surface area contributed by atoms with E-state index in [0.29, 0.717) is 6.04 Å². The third-order valence-electron chi connectivity index (χ3n) is 4.22. The number of fused-ring (bicyclic) bond motifs is 1. The summed E-state index contributed by atoms with van der Waals surface area (Å²) in [7, 11) is 0. The minimum Gasteiger partial charge on any atom is -0.371 e. The van der Waals surface area contributed by atoms with Crippen LogP contribution in [0.15, 0.2) is 30.6 Å². The maximum absolute atomic E-state index is 6.06. The van der Waals surface area contributed by atoms with E-state index in [1.165, 1.54) is 5.56 Å². The Morgan fingerprint density at radius 3 is 3.24 bits per heavy atom. The number of benzene rings is 1. The Bertz CT molecular complexity index is 601. The molecule has 7 nitrogen and oxygen atoms in total. The van der Waals surface area contributed by atoms with Gasteiger partial charge < -0.3 is 10.1 Å². The standard InChI is InChI=1S/C14H18N6O/c1-2-11(6-12(3-1)20-10-16-17-18-20)14-8-19-5-4-15-7-13(19)9-21-14/h1-3,6,10,13-15H,4-5,7-9H2. The minimum absolute atomic E-state index is 0.121. The van der Waals surface area contributed by atoms with Gasteiger partial charge in [-0.3, -0.25) is 4.90 Å². The summed E-state index contributed by atoms with van der Waals surface area (Å²) in [6.45, 7) is 4.92. The molecular formula is C14H18N6O. The fourth-order valence-electron chi connectivity index (χ4n) is 3.05. The van der Waals surface area contributed by atoms with Gasteiger partial charge in [0.05, 0.1) is 18.4 Å². The third-order valence-corrected chi connectivity index (χ3v) is 4.22. The molecule has 110 valence electrons. The third kappa shape index (κ3) is 2.55. The largest absolute Gasteiger partial charge is 0.371 e. The summed E-state index contributed by atoms with van der Waals surface area (Å²) in [6, 6.07) is 8.75. The van der Waals surface area contributed by atoms with Crippen molar-refractivity contribution in [1.29, 1.82) is 0 Å². The van der Waals surface area contributed by atoms with Crippen molar-refractivity contribution in [1.82, 2.24) is 30.4 Å². The Labute approximate surface area is 122 Å². The molecule has 0 bridgehead atoms. The Hall–Kier alpha value is -1.83. The highest BCUT2D eigenvalue weighted by atomic mass is 16.5. The maximum Gasteiger partial charge on any atom is 0.143 e. The number of nitrogens with one attached hydrogen (secondary N) is 1. The molecule has 21 heavy (non-hydrogen) atoms. The molecule has 0 radical (unpaired) electrons. The smallest absolute Gasteiger partial charge is 0.143 e. The highest BCUT2D eigenvalue weighted by Crippen LogP contribution is 2.26. The van der Waals surface area contributed by atoms with Crippen molar-refractivity contribution < 1.29 is 4.74 Å². The molecule has 2 aromatic rings. The van der Waals surface area contributed by atoms with Gasteiger partial charge in [-0.05, 0) is 28.1 Å². The highest BCUT2D eigenvalue weighted by molar-refractivity contribution is 5.35. The van der Waals surface area contributed by atoms with E-state index in [2.05, 4.69) is 37.9 Å². The van der Waals surface area contributed by atoms with Gasteiger partial charge in [-0.25, -0.2) is 4.68 Å². The van der Waals surface area contributed by atoms with Crippen molar-refractivity contribution in [2.45, 2.75) is 12.1 Å². The van der Waals surface area contributed by atoms with Crippen LogP contribution in [0.5, 0.6) is 0 Å². The number of aromatic nitrogens is 4. The Balaban J connectivity index is 1.55. The zero-order chi connectivity index (χ0) is 14.1. The summed E-state index contributed by atoms with van der Waals surface area (Å²) in [5.74, 6) is 0. The summed E-state index contributed by atoms with van der Waals surface area (Å²) in [4.78, 5) is 2.52. The SMILES string of the molecule is c1cc(C2CN3CCNCC3CO2)cc(-n2cnnn2)c1. The lowest BCUT2D eigenvalue weighted by Gasteiger charge is -2.42. The van der Waals surface area contributed by atoms with Crippen molar-refractivity contribution in [2.24, 2.45) is 0 Å². The number of piperazine rings is 1. The average molecular weight is 286 g/mol. The topological polar surface area (TPSA) is 68.1 Å². The molecule has 2 saturated heterocycles. The number of nitrogens with zero attached hydrogens (tertiary/aromatic N) is 5. The summed E-state index contributed by atoms with van der Waals surface area (Å²) in [5.41, 5.74) is 2.14. The lowest BCUT2D eigenvalue weighted by molar-refractivity contribution is -0.0717. The molecule has 2 aliphatic heterocycles. The van der Waals surface area contributed by atoms with Gasteiger partial charge in [0.25, 0.3) is 0 Å². The van der Waals surface area contributed by atoms with E-state index in [1.54, 1.807) is 11.0 Å². The van der Waals surface area contributed by atoms with Crippen LogP contribution in [0.4, 0.5) is 0 Å². The van der Waals surface area contributed by atoms with Crippen LogP contribution in [0.25, 0.3) is 5.69 Å². The van der Waals surface area contributed by atoms with Crippen LogP contribution in [0.3, 0.4) is 0 Å². The van der Waals surface area contributed by atoms with E-state index in [0.717, 1.165) is 38.5 Å². The average Bonchev–Trinajstić information content (AvgIpc) is 3.09. The van der Waals surface area contributed by atoms with Crippen molar-refractivity contribution >= 4 is 0 Å². The molecule has 0 amide bonds. The number of rotatable bonds is 2. The van der Waals surface area contributed by atoms with Crippen LogP contribution >= 0.6 is 0 Å². The number of tetrazole rings is 1. The van der Waals surface area contributed by atoms with Gasteiger partial charge in [0.15, 0.2) is 0 Å². The number of hydrogen-bond acceptors (Lipinski definition) is 6. The molecule has 7 heteroatoms. The van der Waals surface area contributed by atoms with Crippen LogP contribution in [-0.2, 0) is 4.74 Å². The second-order valence-electron chi connectivity index (χ2n) is 5.52. The van der Waals surface area contributed by atoms with Gasteiger partial charge in [-0.1, -0.05) is 12.1 Å². The molecular weight excluding hydrogens is 268 g/mol. The summed E-state index contributed by atoms with van der Waals surface area (Å²) in [5, 5.41) is 14.7. The van der Waals surface area contributed by atoms with Crippen LogP contribution in [0, 0.1) is 0 Å². The molecule has 1 N–H and O–H groups in total. The molecule has 0 saturated carbocycles. The lowest BCUT2D eigenvalue weighted by atomic mass is 10.0. The van der Waals surface area contributed by atoms with Gasteiger partial charge in [0, 0.05) is 32.2 Å². The second kappa shape index (κ2) is 5.51. The number of ether oxygens (including phenoxy) is 1. The van der Waals surface area contributed by atoms with E-state index in [9.17, 15) is 0 Å². The molecule has 2 fully saturated rings. The Morgan fingerprint density at radius 1 is 1.33 bits per heavy atom. The van der Waals surface area contributed by atoms with Crippen molar-refractivity contribution in [3.05, 3.63) is 36.2 Å². The second-order valence-corrected chi connectivity index (χ2v) is 5.52. The van der Waals surface area contributed by atoms with Crippen LogP contribution in [0.2, 0.25) is 0 Å². The number of hydrogen-bond donors (Lipinski definition) is 1. The molecule has 2 unspecified atom stereocenters. The quantitative estimate of drug-likeness (QED) is 0.838. The maximum atomic E-state index is 6.06. The first kappa shape index (κ1) is 12.9. The van der Waals surface area contributed by atoms with Crippen LogP contribution in [0.1, 0.15) is 11.7 Å². The predicted molar refractivity (Wildman–Crippen MR) is 76.1 cm³/mol. The molecule has 2 atom stereocenters. The minimum atomic E-state index is 0.121. The fourth-order valence-corrected chi connectivity index (χ4v) is 3.05. The van der Waals surface area contributed by atoms with Gasteiger partial charge >= 0.3 is 0 Å². The van der Waals surface area contributed by atoms with Gasteiger partial charge in [-0.15, -0.1) is 5.10 Å². The monoisotopic (exact) mass is 286 g/mol. The Morgan fingerprint density at radius 2 is 2.33 bits per heavy atom. The first-order chi connectivity index (χ1) is 10.4. The van der Waals surface area contributed by atoms with Crippen LogP contribution < -0.4 is 5.32 Å². The number of morpholine rings is 1. The summed E-state index contributed by atoms with van der Waals surface area (Å²) in [6.07, 6.45) is 1.73. The van der Waals surface area contributed by atoms with E-state index >= 15 is 0 Å². The molecule has 4 rings (SSSR count). The first-order valence-electron chi connectivity index (χ1n) is 7.30. The van der Waals surface area contributed by atoms with E-state index in [4.69, 9.17) is 4.74 Å². The van der Waals surface area contributed by atoms with Crippen LogP contribution in [-0.4, -0.2) is 63.9 Å². The zero-order valence-corrected chi connectivity index (χ0v) is 11.7. The Kier molecular flexibility index (Phi) is 3.38. The van der Waals surface area contributed by atoms with Crippen molar-refractivity contribution in [3.8, 4) is 5.69 Å². The zero-order valence-electron chi connectivity index (χ0n) is 11.7. The molecule has 1 aromatic carbocycles. The normalized spacial score (nSPS) is 26.5. The van der Waals surface area contributed by atoms with Gasteiger partial charge in [0.2, 0.25) is 0 Å². The van der Waals surface area contributed by atoms with Crippen molar-refractivity contribution in [2.75, 3.05) is 32.8 Å². The van der Waals surface area contributed by atoms with Gasteiger partial charge in [0.1, 0.15) is 6.33 Å². The summed E-state index contributed by atoms with van der Waals surface area (Å²) >= 11 is 0. The lowest BCUT2D eigenvalue weighted by Crippen LogP contribution is -2.57. The molecule has 0 aliphatic carbocycles. The molecule has 3 heterocycles. The fraction of sp³-hybridized carbons (Fsp3) is 0.500. The van der Waals surface area contributed by atoms with Gasteiger partial charge in [-0.2, -0.15) is 0 Å². The molecule has 0 spiro atoms. The predicted octanol–water partition coefficient (Wildman–Crippen LogP) is 0.00740. The van der Waals surface area contributed by atoms with E-state index in [-0.39, 0.29) is 6.10 Å².